The van der Waals surface area contributed by atoms with Gasteiger partial charge in [-0.15, -0.1) is 0 Å². The molecule has 2 nitrogen and oxygen atoms in total. The SMILES string of the molecule is Cc1ccc(C(=Nc2cccc3ccccc23)NP(C(C)C)C(C)C)cc1. The number of fused-ring (bicyclic) bond motifs is 1. The molecule has 0 bridgehead atoms. The van der Waals surface area contributed by atoms with Crippen LogP contribution in [0.4, 0.5) is 5.69 Å². The van der Waals surface area contributed by atoms with E-state index >= 15 is 0 Å². The molecular formula is C24H29N2P. The normalized spacial score (nSPS) is 12.4. The topological polar surface area (TPSA) is 24.4 Å². The standard InChI is InChI=1S/C24H29N2P/c1-17(2)27(18(3)4)26-24(21-15-13-19(5)14-16-21)25-23-12-8-10-20-9-6-7-11-22(20)23/h6-18H,1-5H3,(H,25,26). The van der Waals surface area contributed by atoms with E-state index in [0.29, 0.717) is 11.3 Å². The highest BCUT2D eigenvalue weighted by atomic mass is 31.1. The summed E-state index contributed by atoms with van der Waals surface area (Å²) in [4.78, 5) is 5.11. The van der Waals surface area contributed by atoms with Crippen molar-refractivity contribution in [2.45, 2.75) is 45.9 Å². The summed E-state index contributed by atoms with van der Waals surface area (Å²) < 4.78 is 0. The summed E-state index contributed by atoms with van der Waals surface area (Å²) in [5.74, 6) is 0.972. The molecule has 0 radical (unpaired) electrons. The molecule has 0 aliphatic rings. The number of aryl methyl sites for hydroxylation is 1. The van der Waals surface area contributed by atoms with Gasteiger partial charge in [-0.3, -0.25) is 0 Å². The van der Waals surface area contributed by atoms with Crippen LogP contribution in [0.15, 0.2) is 71.7 Å². The Labute approximate surface area is 164 Å². The van der Waals surface area contributed by atoms with Gasteiger partial charge in [0.1, 0.15) is 5.84 Å². The lowest BCUT2D eigenvalue weighted by atomic mass is 10.1. The summed E-state index contributed by atoms with van der Waals surface area (Å²) >= 11 is 0. The van der Waals surface area contributed by atoms with E-state index in [4.69, 9.17) is 4.99 Å². The number of nitrogens with one attached hydrogen (secondary N) is 1. The number of amidine groups is 1. The average molecular weight is 376 g/mol. The lowest BCUT2D eigenvalue weighted by molar-refractivity contribution is 0.990. The molecule has 3 rings (SSSR count). The molecule has 0 spiro atoms. The minimum absolute atomic E-state index is 0.369. The Bertz CT molecular complexity index is 913. The first-order valence-electron chi connectivity index (χ1n) is 9.64. The maximum absolute atomic E-state index is 5.11. The third-order valence-electron chi connectivity index (χ3n) is 4.67. The largest absolute Gasteiger partial charge is 0.348 e. The summed E-state index contributed by atoms with van der Waals surface area (Å²) in [5.41, 5.74) is 4.59. The van der Waals surface area contributed by atoms with Crippen LogP contribution in [0, 0.1) is 6.92 Å². The van der Waals surface area contributed by atoms with Crippen LogP contribution in [0.5, 0.6) is 0 Å². The van der Waals surface area contributed by atoms with Crippen LogP contribution in [-0.2, 0) is 0 Å². The first-order chi connectivity index (χ1) is 13.0. The Morgan fingerprint density at radius 3 is 2.11 bits per heavy atom. The zero-order chi connectivity index (χ0) is 19.4. The lowest BCUT2D eigenvalue weighted by Crippen LogP contribution is -2.26. The maximum atomic E-state index is 5.11. The first-order valence-corrected chi connectivity index (χ1v) is 11.1. The van der Waals surface area contributed by atoms with Crippen LogP contribution in [-0.4, -0.2) is 17.2 Å². The van der Waals surface area contributed by atoms with Gasteiger partial charge in [0, 0.05) is 10.9 Å². The third kappa shape index (κ3) is 4.76. The molecule has 0 atom stereocenters. The van der Waals surface area contributed by atoms with Gasteiger partial charge in [-0.2, -0.15) is 0 Å². The smallest absolute Gasteiger partial charge is 0.137 e. The van der Waals surface area contributed by atoms with Crippen LogP contribution >= 0.6 is 8.07 Å². The highest BCUT2D eigenvalue weighted by molar-refractivity contribution is 7.57. The van der Waals surface area contributed by atoms with Gasteiger partial charge >= 0.3 is 0 Å². The third-order valence-corrected chi connectivity index (χ3v) is 7.37. The molecule has 0 unspecified atom stereocenters. The predicted molar refractivity (Wildman–Crippen MR) is 122 cm³/mol. The van der Waals surface area contributed by atoms with E-state index in [-0.39, 0.29) is 8.07 Å². The summed E-state index contributed by atoms with van der Waals surface area (Å²) in [6.45, 7) is 11.3. The van der Waals surface area contributed by atoms with Gasteiger partial charge in [-0.25, -0.2) is 4.99 Å². The Hall–Kier alpha value is -2.18. The summed E-state index contributed by atoms with van der Waals surface area (Å²) in [7, 11) is -0.369. The van der Waals surface area contributed by atoms with Gasteiger partial charge in [0.15, 0.2) is 0 Å². The molecular weight excluding hydrogens is 347 g/mol. The van der Waals surface area contributed by atoms with Crippen molar-refractivity contribution in [2.75, 3.05) is 0 Å². The van der Waals surface area contributed by atoms with Crippen LogP contribution in [0.1, 0.15) is 38.8 Å². The van der Waals surface area contributed by atoms with Crippen molar-refractivity contribution < 1.29 is 0 Å². The number of rotatable bonds is 5. The summed E-state index contributed by atoms with van der Waals surface area (Å²) in [6.07, 6.45) is 0. The number of hydrogen-bond donors (Lipinski definition) is 1. The molecule has 0 heterocycles. The van der Waals surface area contributed by atoms with Crippen molar-refractivity contribution in [3.8, 4) is 0 Å². The Balaban J connectivity index is 2.10. The van der Waals surface area contributed by atoms with Gasteiger partial charge in [-0.05, 0) is 37.8 Å². The van der Waals surface area contributed by atoms with Crippen molar-refractivity contribution in [3.05, 3.63) is 77.9 Å². The van der Waals surface area contributed by atoms with Crippen molar-refractivity contribution in [2.24, 2.45) is 4.99 Å². The summed E-state index contributed by atoms with van der Waals surface area (Å²) in [6, 6.07) is 23.4. The van der Waals surface area contributed by atoms with E-state index in [1.54, 1.807) is 0 Å². The van der Waals surface area contributed by atoms with E-state index in [0.717, 1.165) is 17.1 Å². The van der Waals surface area contributed by atoms with E-state index < -0.39 is 0 Å². The number of benzene rings is 3. The number of hydrogen-bond acceptors (Lipinski definition) is 1. The second kappa shape index (κ2) is 8.67. The zero-order valence-corrected chi connectivity index (χ0v) is 17.8. The highest BCUT2D eigenvalue weighted by Gasteiger charge is 2.19. The van der Waals surface area contributed by atoms with Gasteiger partial charge < -0.3 is 5.09 Å². The van der Waals surface area contributed by atoms with E-state index in [9.17, 15) is 0 Å². The van der Waals surface area contributed by atoms with Crippen LogP contribution in [0.3, 0.4) is 0 Å². The molecule has 27 heavy (non-hydrogen) atoms. The molecule has 0 saturated heterocycles. The quantitative estimate of drug-likeness (QED) is 0.288. The van der Waals surface area contributed by atoms with Crippen molar-refractivity contribution in [3.63, 3.8) is 0 Å². The molecule has 0 aliphatic carbocycles. The average Bonchev–Trinajstić information content (AvgIpc) is 2.65. The lowest BCUT2D eigenvalue weighted by Gasteiger charge is -2.28. The van der Waals surface area contributed by atoms with Crippen LogP contribution < -0.4 is 5.09 Å². The van der Waals surface area contributed by atoms with Crippen LogP contribution in [0.2, 0.25) is 0 Å². The van der Waals surface area contributed by atoms with Gasteiger partial charge in [-0.1, -0.05) is 93.9 Å². The molecule has 0 fully saturated rings. The molecule has 0 aromatic heterocycles. The predicted octanol–water partition coefficient (Wildman–Crippen LogP) is 7.03. The zero-order valence-electron chi connectivity index (χ0n) is 16.9. The minimum Gasteiger partial charge on any atom is -0.348 e. The second-order valence-corrected chi connectivity index (χ2v) is 10.6. The van der Waals surface area contributed by atoms with Gasteiger partial charge in [0.05, 0.1) is 5.69 Å². The van der Waals surface area contributed by atoms with Crippen LogP contribution in [0.25, 0.3) is 10.8 Å². The van der Waals surface area contributed by atoms with Gasteiger partial charge in [0.2, 0.25) is 0 Å². The Morgan fingerprint density at radius 2 is 1.44 bits per heavy atom. The first kappa shape index (κ1) is 19.6. The molecule has 3 aromatic carbocycles. The maximum Gasteiger partial charge on any atom is 0.137 e. The fraction of sp³-hybridized carbons (Fsp3) is 0.292. The van der Waals surface area contributed by atoms with E-state index in [2.05, 4.69) is 106 Å². The highest BCUT2D eigenvalue weighted by Crippen LogP contribution is 2.42. The molecule has 3 heteroatoms. The molecule has 0 amide bonds. The fourth-order valence-electron chi connectivity index (χ4n) is 3.27. The van der Waals surface area contributed by atoms with Gasteiger partial charge in [0.25, 0.3) is 0 Å². The summed E-state index contributed by atoms with van der Waals surface area (Å²) in [5, 5.41) is 6.22. The molecule has 3 aromatic rings. The number of nitrogens with zero attached hydrogens (tertiary/aromatic N) is 1. The molecule has 1 N–H and O–H groups in total. The molecule has 0 saturated carbocycles. The molecule has 140 valence electrons. The van der Waals surface area contributed by atoms with Crippen molar-refractivity contribution >= 4 is 30.4 Å². The van der Waals surface area contributed by atoms with E-state index in [1.807, 2.05) is 0 Å². The molecule has 0 aliphatic heterocycles. The van der Waals surface area contributed by atoms with E-state index in [1.165, 1.54) is 16.3 Å². The van der Waals surface area contributed by atoms with Crippen molar-refractivity contribution in [1.82, 2.24) is 5.09 Å². The number of aliphatic imine (C=N–C) groups is 1. The second-order valence-electron chi connectivity index (χ2n) is 7.53. The minimum atomic E-state index is -0.369. The Kier molecular flexibility index (Phi) is 6.29. The Morgan fingerprint density at radius 1 is 0.815 bits per heavy atom. The van der Waals surface area contributed by atoms with Crippen molar-refractivity contribution in [1.29, 1.82) is 0 Å². The fourth-order valence-corrected chi connectivity index (χ4v) is 5.40. The monoisotopic (exact) mass is 376 g/mol.